The fourth-order valence-corrected chi connectivity index (χ4v) is 0. The minimum absolute atomic E-state index is 0. The van der Waals surface area contributed by atoms with E-state index in [1.807, 2.05) is 26.9 Å². The van der Waals surface area contributed by atoms with Crippen molar-refractivity contribution in [1.29, 1.82) is 0 Å². The van der Waals surface area contributed by atoms with Crippen LogP contribution in [0.3, 0.4) is 0 Å². The molecule has 0 unspecified atom stereocenters. The average Bonchev–Trinajstić information content (AvgIpc) is 0.811. The van der Waals surface area contributed by atoms with E-state index in [1.54, 1.807) is 0 Å². The molecule has 5 heavy (non-hydrogen) atoms. The molecule has 0 spiro atoms. The third kappa shape index (κ3) is 43.8. The zero-order valence-electron chi connectivity index (χ0n) is 3.45. The van der Waals surface area contributed by atoms with Gasteiger partial charge in [0, 0.05) is 0 Å². The van der Waals surface area contributed by atoms with Crippen molar-refractivity contribution in [1.82, 2.24) is 4.81 Å². The van der Waals surface area contributed by atoms with Gasteiger partial charge in [-0.05, 0) is 14.1 Å². The summed E-state index contributed by atoms with van der Waals surface area (Å²) in [6, 6.07) is 0. The monoisotopic (exact) mass is 81.1 g/mol. The van der Waals surface area contributed by atoms with Crippen molar-refractivity contribution in [3.05, 3.63) is 0 Å². The molecule has 0 aliphatic rings. The van der Waals surface area contributed by atoms with Crippen molar-refractivity contribution in [2.45, 2.75) is 0 Å². The van der Waals surface area contributed by atoms with Crippen molar-refractivity contribution in [3.8, 4) is 0 Å². The van der Waals surface area contributed by atoms with Crippen molar-refractivity contribution in [3.63, 3.8) is 0 Å². The molecule has 1 nitrogen and oxygen atoms in total. The van der Waals surface area contributed by atoms with Gasteiger partial charge in [0.2, 0.25) is 0 Å². The average molecular weight is 80.9 g/mol. The molecule has 3 heteroatoms. The fraction of sp³-hybridized carbons (Fsp3) is 1.00. The third-order valence-corrected chi connectivity index (χ3v) is 0. The summed E-state index contributed by atoms with van der Waals surface area (Å²) >= 11 is 0. The molecule has 0 aromatic heterocycles. The normalized spacial score (nSPS) is 7.00. The second-order valence-electron chi connectivity index (χ2n) is 1.34. The van der Waals surface area contributed by atoms with E-state index in [0.29, 0.717) is 0 Å². The first-order valence-corrected chi connectivity index (χ1v) is 1.34. The predicted molar refractivity (Wildman–Crippen MR) is 29.4 cm³/mol. The van der Waals surface area contributed by atoms with Gasteiger partial charge in [-0.3, -0.25) is 0 Å². The molecule has 0 aromatic carbocycles. The summed E-state index contributed by atoms with van der Waals surface area (Å²) in [6.45, 7) is 0. The summed E-state index contributed by atoms with van der Waals surface area (Å²) in [7, 11) is 6.00. The van der Waals surface area contributed by atoms with E-state index >= 15 is 0 Å². The molecule has 0 aliphatic heterocycles. The van der Waals surface area contributed by atoms with Gasteiger partial charge >= 0.3 is 29.6 Å². The predicted octanol–water partition coefficient (Wildman–Crippen LogP) is -1.55. The summed E-state index contributed by atoms with van der Waals surface area (Å²) in [5, 5.41) is 0. The second kappa shape index (κ2) is 5.02. The molecule has 0 aliphatic carbocycles. The number of rotatable bonds is 0. The third-order valence-electron chi connectivity index (χ3n) is 0. The summed E-state index contributed by atoms with van der Waals surface area (Å²) in [6.07, 6.45) is 0. The molecule has 26 valence electrons. The molecule has 0 saturated heterocycles. The van der Waals surface area contributed by atoms with Crippen molar-refractivity contribution >= 4 is 37.5 Å². The first-order chi connectivity index (χ1) is 1.73. The van der Waals surface area contributed by atoms with Crippen LogP contribution in [0.25, 0.3) is 0 Å². The van der Waals surface area contributed by atoms with Crippen molar-refractivity contribution in [2.24, 2.45) is 0 Å². The van der Waals surface area contributed by atoms with Gasteiger partial charge in [-0.15, -0.1) is 0 Å². The summed E-state index contributed by atoms with van der Waals surface area (Å²) in [5.74, 6) is 0. The summed E-state index contributed by atoms with van der Waals surface area (Å²) in [5.41, 5.74) is 0. The van der Waals surface area contributed by atoms with Gasteiger partial charge in [-0.1, -0.05) is 0 Å². The van der Waals surface area contributed by atoms with E-state index < -0.39 is 0 Å². The van der Waals surface area contributed by atoms with Gasteiger partial charge < -0.3 is 4.81 Å². The SMILES string of the molecule is BN(C)C.[NaH]. The van der Waals surface area contributed by atoms with Gasteiger partial charge in [-0.2, -0.15) is 0 Å². The van der Waals surface area contributed by atoms with Crippen LogP contribution in [-0.4, -0.2) is 56.4 Å². The Labute approximate surface area is 56.5 Å². The van der Waals surface area contributed by atoms with Crippen LogP contribution in [0, 0.1) is 0 Å². The Hall–Kier alpha value is 1.02. The van der Waals surface area contributed by atoms with E-state index in [0.717, 1.165) is 0 Å². The Balaban J connectivity index is 0. The first-order valence-electron chi connectivity index (χ1n) is 1.34. The molecule has 0 aromatic rings. The first kappa shape index (κ1) is 9.39. The van der Waals surface area contributed by atoms with E-state index in [-0.39, 0.29) is 29.6 Å². The zero-order chi connectivity index (χ0) is 3.58. The molecule has 0 amide bonds. The van der Waals surface area contributed by atoms with Crippen LogP contribution in [0.2, 0.25) is 0 Å². The molecule has 0 radical (unpaired) electrons. The van der Waals surface area contributed by atoms with Crippen LogP contribution in [-0.2, 0) is 0 Å². The molecular weight excluding hydrogens is 71.8 g/mol. The number of hydrogen-bond acceptors (Lipinski definition) is 1. The zero-order valence-corrected chi connectivity index (χ0v) is 3.45. The number of nitrogens with zero attached hydrogens (tertiary/aromatic N) is 1. The number of hydrogen-bond donors (Lipinski definition) is 0. The van der Waals surface area contributed by atoms with Crippen molar-refractivity contribution < 1.29 is 0 Å². The Morgan fingerprint density at radius 1 is 1.40 bits per heavy atom. The van der Waals surface area contributed by atoms with Crippen LogP contribution in [0.1, 0.15) is 0 Å². The molecule has 0 bridgehead atoms. The molecular formula is C2H9BNNa. The maximum atomic E-state index is 2.00. The van der Waals surface area contributed by atoms with Crippen LogP contribution >= 0.6 is 0 Å². The Morgan fingerprint density at radius 2 is 1.40 bits per heavy atom. The maximum absolute atomic E-state index is 2.00. The molecule has 0 rings (SSSR count). The van der Waals surface area contributed by atoms with Gasteiger partial charge in [0.05, 0.1) is 0 Å². The van der Waals surface area contributed by atoms with E-state index in [4.69, 9.17) is 0 Å². The Bertz CT molecular complexity index is 14.4. The van der Waals surface area contributed by atoms with Gasteiger partial charge in [0.15, 0.2) is 7.98 Å². The van der Waals surface area contributed by atoms with Crippen LogP contribution in [0.4, 0.5) is 0 Å². The molecule has 0 saturated carbocycles. The topological polar surface area (TPSA) is 3.24 Å². The molecule has 0 atom stereocenters. The van der Waals surface area contributed by atoms with Gasteiger partial charge in [-0.25, -0.2) is 0 Å². The molecule has 0 fully saturated rings. The summed E-state index contributed by atoms with van der Waals surface area (Å²) in [4.78, 5) is 2.00. The quantitative estimate of drug-likeness (QED) is 0.319. The second-order valence-corrected chi connectivity index (χ2v) is 1.34. The van der Waals surface area contributed by atoms with Crippen LogP contribution < -0.4 is 0 Å². The van der Waals surface area contributed by atoms with Gasteiger partial charge in [0.1, 0.15) is 0 Å². The minimum atomic E-state index is 0. The van der Waals surface area contributed by atoms with Crippen molar-refractivity contribution in [2.75, 3.05) is 14.1 Å². The van der Waals surface area contributed by atoms with E-state index in [9.17, 15) is 0 Å². The fourth-order valence-electron chi connectivity index (χ4n) is 0. The molecule has 0 heterocycles. The van der Waals surface area contributed by atoms with Gasteiger partial charge in [0.25, 0.3) is 0 Å². The molecule has 0 N–H and O–H groups in total. The standard InChI is InChI=1S/C2H8BN.Na.H/c1-4(2)3;;/h3H2,1-2H3;;. The Morgan fingerprint density at radius 3 is 1.40 bits per heavy atom. The summed E-state index contributed by atoms with van der Waals surface area (Å²) < 4.78 is 0. The van der Waals surface area contributed by atoms with Crippen LogP contribution in [0.5, 0.6) is 0 Å². The Kier molecular flexibility index (Phi) is 9.44. The van der Waals surface area contributed by atoms with E-state index in [1.165, 1.54) is 0 Å². The van der Waals surface area contributed by atoms with Crippen LogP contribution in [0.15, 0.2) is 0 Å². The van der Waals surface area contributed by atoms with E-state index in [2.05, 4.69) is 0 Å².